The zero-order valence-corrected chi connectivity index (χ0v) is 27.3. The van der Waals surface area contributed by atoms with Crippen molar-refractivity contribution in [2.75, 3.05) is 27.6 Å². The van der Waals surface area contributed by atoms with E-state index in [0.29, 0.717) is 57.6 Å². The van der Waals surface area contributed by atoms with E-state index in [1.165, 1.54) is 4.68 Å². The topological polar surface area (TPSA) is 103 Å². The third-order valence-electron chi connectivity index (χ3n) is 7.90. The molecule has 0 saturated heterocycles. The lowest BCUT2D eigenvalue weighted by molar-refractivity contribution is 0.174. The molecule has 0 bridgehead atoms. The number of ether oxygens (including phenoxy) is 6. The van der Waals surface area contributed by atoms with Crippen molar-refractivity contribution in [2.45, 2.75) is 40.2 Å². The molecule has 1 aliphatic heterocycles. The van der Waals surface area contributed by atoms with Crippen LogP contribution in [0.25, 0.3) is 22.3 Å². The van der Waals surface area contributed by atoms with Gasteiger partial charge in [-0.2, -0.15) is 9.78 Å². The zero-order valence-electron chi connectivity index (χ0n) is 27.3. The van der Waals surface area contributed by atoms with Crippen molar-refractivity contribution in [3.63, 3.8) is 0 Å². The maximum absolute atomic E-state index is 13.9. The molecule has 0 saturated carbocycles. The summed E-state index contributed by atoms with van der Waals surface area (Å²) in [4.78, 5) is 18.9. The SMILES string of the molecule is CCOc1cc(C)c(-c2nc3ccccc3c(=O)n2N=Cc2cc(OC)c(OCc3ccc4c(c3)OCO4)c(OC)c2)cc1C(C)C. The van der Waals surface area contributed by atoms with Gasteiger partial charge in [-0.25, -0.2) is 4.98 Å². The number of para-hydroxylation sites is 1. The van der Waals surface area contributed by atoms with Gasteiger partial charge in [0.05, 0.1) is 37.9 Å². The lowest BCUT2D eigenvalue weighted by atomic mass is 9.96. The summed E-state index contributed by atoms with van der Waals surface area (Å²) in [6.07, 6.45) is 1.58. The Kier molecular flexibility index (Phi) is 9.01. The number of hydrogen-bond donors (Lipinski definition) is 0. The van der Waals surface area contributed by atoms with Crippen LogP contribution in [0.15, 0.2) is 76.6 Å². The molecule has 47 heavy (non-hydrogen) atoms. The Hall–Kier alpha value is -5.51. The molecule has 0 amide bonds. The fraction of sp³-hybridized carbons (Fsp3) is 0.270. The van der Waals surface area contributed by atoms with Crippen molar-refractivity contribution in [3.8, 4) is 45.9 Å². The van der Waals surface area contributed by atoms with Crippen molar-refractivity contribution in [2.24, 2.45) is 5.10 Å². The summed E-state index contributed by atoms with van der Waals surface area (Å²) in [6.45, 7) is 9.17. The lowest BCUT2D eigenvalue weighted by Crippen LogP contribution is -2.21. The molecule has 1 aromatic heterocycles. The molecule has 1 aliphatic rings. The van der Waals surface area contributed by atoms with Crippen molar-refractivity contribution >= 4 is 17.1 Å². The first kappa shape index (κ1) is 31.5. The molecule has 0 atom stereocenters. The van der Waals surface area contributed by atoms with E-state index in [1.54, 1.807) is 38.6 Å². The molecule has 10 nitrogen and oxygen atoms in total. The first-order valence-electron chi connectivity index (χ1n) is 15.4. The van der Waals surface area contributed by atoms with Crippen LogP contribution in [-0.4, -0.2) is 43.5 Å². The lowest BCUT2D eigenvalue weighted by Gasteiger charge is -2.18. The summed E-state index contributed by atoms with van der Waals surface area (Å²) in [7, 11) is 3.11. The van der Waals surface area contributed by atoms with Gasteiger partial charge in [-0.15, -0.1) is 0 Å². The monoisotopic (exact) mass is 635 g/mol. The first-order chi connectivity index (χ1) is 22.8. The molecule has 0 spiro atoms. The number of fused-ring (bicyclic) bond motifs is 2. The molecule has 0 fully saturated rings. The summed E-state index contributed by atoms with van der Waals surface area (Å²) in [5.74, 6) is 4.13. The minimum absolute atomic E-state index is 0.186. The number of benzene rings is 4. The summed E-state index contributed by atoms with van der Waals surface area (Å²) in [5, 5.41) is 5.15. The van der Waals surface area contributed by atoms with Gasteiger partial charge in [-0.1, -0.05) is 32.0 Å². The van der Waals surface area contributed by atoms with Gasteiger partial charge in [-0.3, -0.25) is 4.79 Å². The third kappa shape index (κ3) is 6.31. The number of rotatable bonds is 11. The minimum Gasteiger partial charge on any atom is -0.494 e. The van der Waals surface area contributed by atoms with Crippen molar-refractivity contribution < 1.29 is 28.4 Å². The quantitative estimate of drug-likeness (QED) is 0.142. The van der Waals surface area contributed by atoms with Crippen LogP contribution in [0, 0.1) is 6.92 Å². The van der Waals surface area contributed by atoms with Gasteiger partial charge in [0.15, 0.2) is 28.8 Å². The predicted octanol–water partition coefficient (Wildman–Crippen LogP) is 7.10. The Labute approximate surface area is 273 Å². The summed E-state index contributed by atoms with van der Waals surface area (Å²) >= 11 is 0. The molecule has 0 N–H and O–H groups in total. The maximum atomic E-state index is 13.9. The molecule has 242 valence electrons. The average Bonchev–Trinajstić information content (AvgIpc) is 3.55. The van der Waals surface area contributed by atoms with E-state index in [2.05, 4.69) is 13.8 Å². The van der Waals surface area contributed by atoms with Crippen molar-refractivity contribution in [1.82, 2.24) is 9.66 Å². The largest absolute Gasteiger partial charge is 0.494 e. The first-order valence-corrected chi connectivity index (χ1v) is 15.4. The second-order valence-corrected chi connectivity index (χ2v) is 11.3. The predicted molar refractivity (Wildman–Crippen MR) is 181 cm³/mol. The van der Waals surface area contributed by atoms with E-state index in [4.69, 9.17) is 38.5 Å². The van der Waals surface area contributed by atoms with E-state index in [1.807, 2.05) is 62.4 Å². The Morgan fingerprint density at radius 1 is 0.936 bits per heavy atom. The van der Waals surface area contributed by atoms with Crippen LogP contribution in [0.1, 0.15) is 48.9 Å². The minimum atomic E-state index is -0.288. The summed E-state index contributed by atoms with van der Waals surface area (Å²) in [6, 6.07) is 20.5. The van der Waals surface area contributed by atoms with E-state index >= 15 is 0 Å². The van der Waals surface area contributed by atoms with Crippen LogP contribution >= 0.6 is 0 Å². The number of aryl methyl sites for hydroxylation is 1. The normalized spacial score (nSPS) is 12.2. The molecule has 10 heteroatoms. The van der Waals surface area contributed by atoms with Crippen LogP contribution in [0.4, 0.5) is 0 Å². The van der Waals surface area contributed by atoms with E-state index in [0.717, 1.165) is 28.0 Å². The molecule has 2 heterocycles. The van der Waals surface area contributed by atoms with Gasteiger partial charge >= 0.3 is 0 Å². The molecule has 0 unspecified atom stereocenters. The molecular weight excluding hydrogens is 598 g/mol. The number of aromatic nitrogens is 2. The van der Waals surface area contributed by atoms with Gasteiger partial charge in [0.1, 0.15) is 12.4 Å². The molecule has 5 aromatic rings. The van der Waals surface area contributed by atoms with Crippen molar-refractivity contribution in [1.29, 1.82) is 0 Å². The Balaban J connectivity index is 1.40. The summed E-state index contributed by atoms with van der Waals surface area (Å²) < 4.78 is 35.7. The van der Waals surface area contributed by atoms with Crippen LogP contribution in [0.2, 0.25) is 0 Å². The highest BCUT2D eigenvalue weighted by Crippen LogP contribution is 2.40. The van der Waals surface area contributed by atoms with E-state index < -0.39 is 0 Å². The maximum Gasteiger partial charge on any atom is 0.282 e. The van der Waals surface area contributed by atoms with Crippen LogP contribution < -0.4 is 34.0 Å². The molecule has 0 radical (unpaired) electrons. The Bertz CT molecular complexity index is 2010. The van der Waals surface area contributed by atoms with Gasteiger partial charge in [0.2, 0.25) is 12.5 Å². The zero-order chi connectivity index (χ0) is 33.1. The number of hydrogen-bond acceptors (Lipinski definition) is 9. The summed E-state index contributed by atoms with van der Waals surface area (Å²) in [5.41, 5.74) is 4.55. The Morgan fingerprint density at radius 2 is 1.68 bits per heavy atom. The van der Waals surface area contributed by atoms with Crippen LogP contribution in [-0.2, 0) is 6.61 Å². The van der Waals surface area contributed by atoms with Crippen molar-refractivity contribution in [3.05, 3.63) is 99.3 Å². The van der Waals surface area contributed by atoms with E-state index in [-0.39, 0.29) is 24.9 Å². The molecule has 6 rings (SSSR count). The highest BCUT2D eigenvalue weighted by molar-refractivity contribution is 5.84. The number of nitrogens with zero attached hydrogens (tertiary/aromatic N) is 3. The smallest absolute Gasteiger partial charge is 0.282 e. The van der Waals surface area contributed by atoms with Gasteiger partial charge in [-0.05, 0) is 85.0 Å². The van der Waals surface area contributed by atoms with Crippen LogP contribution in [0.3, 0.4) is 0 Å². The standard InChI is InChI=1S/C37H37N3O7/c1-7-44-31-14-23(4)28(18-27(31)22(2)3)36-39-29-11-9-8-10-26(29)37(41)40(36)38-19-25-16-33(42-5)35(34(17-25)43-6)45-20-24-12-13-30-32(15-24)47-21-46-30/h8-19,22H,7,20-21H2,1-6H3. The highest BCUT2D eigenvalue weighted by Gasteiger charge is 2.20. The molecular formula is C37H37N3O7. The second-order valence-electron chi connectivity index (χ2n) is 11.3. The second kappa shape index (κ2) is 13.5. The average molecular weight is 636 g/mol. The Morgan fingerprint density at radius 3 is 2.40 bits per heavy atom. The van der Waals surface area contributed by atoms with Crippen LogP contribution in [0.5, 0.6) is 34.5 Å². The van der Waals surface area contributed by atoms with Gasteiger partial charge < -0.3 is 28.4 Å². The number of methoxy groups -OCH3 is 2. The molecule has 4 aromatic carbocycles. The molecule has 0 aliphatic carbocycles. The third-order valence-corrected chi connectivity index (χ3v) is 7.90. The highest BCUT2D eigenvalue weighted by atomic mass is 16.7. The fourth-order valence-electron chi connectivity index (χ4n) is 5.50. The fourth-order valence-corrected chi connectivity index (χ4v) is 5.50. The van der Waals surface area contributed by atoms with E-state index in [9.17, 15) is 4.79 Å². The van der Waals surface area contributed by atoms with Gasteiger partial charge in [0.25, 0.3) is 5.56 Å². The van der Waals surface area contributed by atoms with Gasteiger partial charge in [0, 0.05) is 11.1 Å².